The number of hydrogen-bond acceptors (Lipinski definition) is 5. The minimum Gasteiger partial charge on any atom is -0.463 e. The van der Waals surface area contributed by atoms with Crippen molar-refractivity contribution in [2.45, 2.75) is 322 Å². The Morgan fingerprint density at radius 1 is 0.312 bits per heavy atom. The molecule has 378 valence electrons. The van der Waals surface area contributed by atoms with Gasteiger partial charge in [0.2, 0.25) is 0 Å². The van der Waals surface area contributed by atoms with Gasteiger partial charge in [0.1, 0.15) is 19.3 Å². The molecule has 0 aromatic heterocycles. The summed E-state index contributed by atoms with van der Waals surface area (Å²) in [7, 11) is 0. The van der Waals surface area contributed by atoms with Crippen LogP contribution in [0, 0.1) is 0 Å². The maximum atomic E-state index is 12.7. The summed E-state index contributed by atoms with van der Waals surface area (Å²) in [5.41, 5.74) is 0. The van der Waals surface area contributed by atoms with Crippen LogP contribution in [0.5, 0.6) is 0 Å². The van der Waals surface area contributed by atoms with Gasteiger partial charge in [-0.05, 0) is 70.6 Å². The Hall–Kier alpha value is -1.62. The van der Waals surface area contributed by atoms with Crippen molar-refractivity contribution in [3.8, 4) is 0 Å². The highest BCUT2D eigenvalue weighted by Crippen LogP contribution is 2.16. The first-order chi connectivity index (χ1) is 31.6. The largest absolute Gasteiger partial charge is 0.463 e. The van der Waals surface area contributed by atoms with Gasteiger partial charge in [-0.3, -0.25) is 9.59 Å². The molecule has 5 nitrogen and oxygen atoms in total. The van der Waals surface area contributed by atoms with Crippen molar-refractivity contribution < 1.29 is 23.8 Å². The number of ether oxygens (including phenoxy) is 3. The lowest BCUT2D eigenvalue weighted by molar-refractivity contribution is -0.155. The maximum Gasteiger partial charge on any atom is 0.305 e. The van der Waals surface area contributed by atoms with E-state index in [9.17, 15) is 9.59 Å². The zero-order chi connectivity index (χ0) is 46.3. The summed E-state index contributed by atoms with van der Waals surface area (Å²) in [6, 6.07) is 0. The Bertz CT molecular complexity index is 974. The number of hydrogen-bond donors (Lipinski definition) is 0. The van der Waals surface area contributed by atoms with Crippen LogP contribution < -0.4 is 0 Å². The first-order valence-corrected chi connectivity index (χ1v) is 28.9. The van der Waals surface area contributed by atoms with E-state index in [-0.39, 0.29) is 25.2 Å². The average molecular weight is 902 g/mol. The Labute approximate surface area is 400 Å². The minimum absolute atomic E-state index is 0.158. The molecule has 0 unspecified atom stereocenters. The Kier molecular flexibility index (Phi) is 54.3. The lowest BCUT2D eigenvalue weighted by Crippen LogP contribution is -2.29. The van der Waals surface area contributed by atoms with E-state index in [4.69, 9.17) is 14.2 Å². The molecule has 0 radical (unpaired) electrons. The summed E-state index contributed by atoms with van der Waals surface area (Å²) < 4.78 is 17.5. The molecule has 1 atom stereocenters. The molecule has 0 aromatic rings. The molecule has 0 N–H and O–H groups in total. The van der Waals surface area contributed by atoms with Gasteiger partial charge < -0.3 is 14.2 Å². The molecular formula is C59H112O5. The summed E-state index contributed by atoms with van der Waals surface area (Å²) in [4.78, 5) is 25.3. The lowest BCUT2D eigenvalue weighted by atomic mass is 10.0. The summed E-state index contributed by atoms with van der Waals surface area (Å²) in [5, 5.41) is 0. The molecule has 5 heteroatoms. The molecular weight excluding hydrogens is 789 g/mol. The highest BCUT2D eigenvalue weighted by molar-refractivity contribution is 5.69. The molecule has 0 rings (SSSR count). The second-order valence-corrected chi connectivity index (χ2v) is 19.5. The van der Waals surface area contributed by atoms with Gasteiger partial charge in [0.25, 0.3) is 0 Å². The van der Waals surface area contributed by atoms with Gasteiger partial charge in [-0.1, -0.05) is 257 Å². The monoisotopic (exact) mass is 901 g/mol. The van der Waals surface area contributed by atoms with E-state index in [1.54, 1.807) is 0 Å². The molecule has 0 saturated heterocycles. The molecule has 0 spiro atoms. The molecule has 0 aromatic carbocycles. The summed E-state index contributed by atoms with van der Waals surface area (Å²) in [6.45, 7) is 7.77. The molecule has 0 heterocycles. The Morgan fingerprint density at radius 2 is 0.547 bits per heavy atom. The van der Waals surface area contributed by atoms with Crippen LogP contribution in [0.15, 0.2) is 24.3 Å². The third-order valence-electron chi connectivity index (χ3n) is 13.0. The fourth-order valence-corrected chi connectivity index (χ4v) is 8.59. The summed E-state index contributed by atoms with van der Waals surface area (Å²) in [5.74, 6) is -0.330. The van der Waals surface area contributed by atoms with Gasteiger partial charge in [-0.15, -0.1) is 0 Å². The van der Waals surface area contributed by atoms with Crippen LogP contribution in [0.1, 0.15) is 316 Å². The predicted octanol–water partition coefficient (Wildman–Crippen LogP) is 19.6. The first-order valence-electron chi connectivity index (χ1n) is 28.9. The normalized spacial score (nSPS) is 12.2. The third-order valence-corrected chi connectivity index (χ3v) is 13.0. The van der Waals surface area contributed by atoms with E-state index < -0.39 is 6.10 Å². The van der Waals surface area contributed by atoms with E-state index in [1.807, 2.05) is 0 Å². The van der Waals surface area contributed by atoms with Crippen LogP contribution in [0.3, 0.4) is 0 Å². The number of unbranched alkanes of at least 4 members (excludes halogenated alkanes) is 39. The van der Waals surface area contributed by atoms with Crippen molar-refractivity contribution in [1.29, 1.82) is 0 Å². The maximum absolute atomic E-state index is 12.7. The van der Waals surface area contributed by atoms with Crippen LogP contribution in [-0.2, 0) is 23.8 Å². The van der Waals surface area contributed by atoms with Gasteiger partial charge in [-0.25, -0.2) is 0 Å². The van der Waals surface area contributed by atoms with Gasteiger partial charge in [0, 0.05) is 19.4 Å². The van der Waals surface area contributed by atoms with Crippen LogP contribution in [0.4, 0.5) is 0 Å². The zero-order valence-corrected chi connectivity index (χ0v) is 43.6. The fourth-order valence-electron chi connectivity index (χ4n) is 8.59. The van der Waals surface area contributed by atoms with Crippen molar-refractivity contribution in [1.82, 2.24) is 0 Å². The number of rotatable bonds is 54. The van der Waals surface area contributed by atoms with Crippen LogP contribution in [0.2, 0.25) is 0 Å². The smallest absolute Gasteiger partial charge is 0.305 e. The molecule has 0 aliphatic carbocycles. The van der Waals surface area contributed by atoms with E-state index in [2.05, 4.69) is 45.1 Å². The van der Waals surface area contributed by atoms with Crippen molar-refractivity contribution in [3.63, 3.8) is 0 Å². The van der Waals surface area contributed by atoms with Crippen molar-refractivity contribution in [2.24, 2.45) is 0 Å². The van der Waals surface area contributed by atoms with Gasteiger partial charge in [0.05, 0.1) is 0 Å². The van der Waals surface area contributed by atoms with Crippen molar-refractivity contribution >= 4 is 11.9 Å². The molecule has 64 heavy (non-hydrogen) atoms. The number of carbonyl (C=O) groups is 2. The minimum atomic E-state index is -0.399. The van der Waals surface area contributed by atoms with E-state index in [1.165, 1.54) is 238 Å². The Balaban J connectivity index is 4.23. The van der Waals surface area contributed by atoms with Crippen LogP contribution in [0.25, 0.3) is 0 Å². The first kappa shape index (κ1) is 62.4. The van der Waals surface area contributed by atoms with E-state index in [0.717, 1.165) is 44.9 Å². The summed E-state index contributed by atoms with van der Waals surface area (Å²) in [6.07, 6.45) is 66.4. The van der Waals surface area contributed by atoms with Gasteiger partial charge in [-0.2, -0.15) is 0 Å². The molecule has 0 aliphatic rings. The fraction of sp³-hybridized carbons (Fsp3) is 0.898. The van der Waals surface area contributed by atoms with Gasteiger partial charge in [0.15, 0.2) is 0 Å². The van der Waals surface area contributed by atoms with E-state index >= 15 is 0 Å². The molecule has 0 bridgehead atoms. The van der Waals surface area contributed by atoms with Crippen molar-refractivity contribution in [3.05, 3.63) is 24.3 Å². The molecule has 0 fully saturated rings. The zero-order valence-electron chi connectivity index (χ0n) is 43.6. The molecule has 0 aliphatic heterocycles. The van der Waals surface area contributed by atoms with Crippen LogP contribution in [-0.4, -0.2) is 37.9 Å². The van der Waals surface area contributed by atoms with Crippen LogP contribution >= 0.6 is 0 Å². The summed E-state index contributed by atoms with van der Waals surface area (Å²) >= 11 is 0. The predicted molar refractivity (Wildman–Crippen MR) is 279 cm³/mol. The second kappa shape index (κ2) is 55.7. The highest BCUT2D eigenvalue weighted by Gasteiger charge is 2.16. The standard InChI is InChI=1S/C59H112O5/c1-4-7-10-13-16-19-22-25-28-30-32-35-38-41-44-47-50-53-59(61)64-56-57(62-54-51-48-45-42-39-36-33-29-26-23-20-17-14-11-8-5-2)55-63-58(60)52-49-46-43-40-37-34-31-27-24-21-18-15-12-9-6-3/h25,27-28,31,57H,4-24,26,29-30,32-56H2,1-3H3/b28-25-,31-27-/t57-/m0/s1. The average Bonchev–Trinajstić information content (AvgIpc) is 3.30. The van der Waals surface area contributed by atoms with Gasteiger partial charge >= 0.3 is 11.9 Å². The van der Waals surface area contributed by atoms with Crippen molar-refractivity contribution in [2.75, 3.05) is 19.8 Å². The quantitative estimate of drug-likeness (QED) is 0.0346. The third kappa shape index (κ3) is 53.0. The molecule has 0 amide bonds. The molecule has 0 saturated carbocycles. The topological polar surface area (TPSA) is 61.8 Å². The number of allylic oxidation sites excluding steroid dienone is 4. The second-order valence-electron chi connectivity index (χ2n) is 19.5. The lowest BCUT2D eigenvalue weighted by Gasteiger charge is -2.18. The number of carbonyl (C=O) groups excluding carboxylic acids is 2. The highest BCUT2D eigenvalue weighted by atomic mass is 16.6. The SMILES string of the molecule is CCCCCCCC/C=C\CCCCCCCCCC(=O)OC[C@H](COC(=O)CCCCCCC/C=C\CCCCCCCC)OCCCCCCCCCCCCCCCCCC. The Morgan fingerprint density at radius 3 is 0.828 bits per heavy atom. The number of esters is 2. The van der Waals surface area contributed by atoms with E-state index in [0.29, 0.717) is 19.4 Å².